The van der Waals surface area contributed by atoms with E-state index in [9.17, 15) is 9.59 Å². The van der Waals surface area contributed by atoms with Gasteiger partial charge in [0.2, 0.25) is 0 Å². The lowest BCUT2D eigenvalue weighted by Crippen LogP contribution is -2.29. The van der Waals surface area contributed by atoms with Gasteiger partial charge in [0, 0.05) is 5.02 Å². The van der Waals surface area contributed by atoms with Gasteiger partial charge in [0.05, 0.1) is 16.8 Å². The molecule has 1 aliphatic rings. The van der Waals surface area contributed by atoms with E-state index >= 15 is 0 Å². The molecule has 1 aliphatic heterocycles. The second kappa shape index (κ2) is 5.93. The fourth-order valence-corrected chi connectivity index (χ4v) is 2.81. The van der Waals surface area contributed by atoms with Crippen molar-refractivity contribution in [3.63, 3.8) is 0 Å². The maximum atomic E-state index is 12.5. The molecule has 3 nitrogen and oxygen atoms in total. The molecule has 2 aromatic rings. The standard InChI is InChI=1S/C18H16ClNO2/c1-2-3-4-12-5-8-14(9-6-12)20-17(21)15-10-7-13(19)11-16(15)18(20)22/h5-11H,2-4H2,1H3. The Morgan fingerprint density at radius 1 is 0.955 bits per heavy atom. The van der Waals surface area contributed by atoms with Gasteiger partial charge >= 0.3 is 0 Å². The van der Waals surface area contributed by atoms with Gasteiger partial charge in [0.25, 0.3) is 11.8 Å². The van der Waals surface area contributed by atoms with Crippen LogP contribution in [0.5, 0.6) is 0 Å². The predicted molar refractivity (Wildman–Crippen MR) is 87.6 cm³/mol. The summed E-state index contributed by atoms with van der Waals surface area (Å²) in [6.45, 7) is 2.15. The minimum Gasteiger partial charge on any atom is -0.268 e. The van der Waals surface area contributed by atoms with Crippen LogP contribution in [0.25, 0.3) is 0 Å². The van der Waals surface area contributed by atoms with E-state index < -0.39 is 0 Å². The van der Waals surface area contributed by atoms with E-state index in [-0.39, 0.29) is 11.8 Å². The highest BCUT2D eigenvalue weighted by Gasteiger charge is 2.36. The Hall–Kier alpha value is -2.13. The fourth-order valence-electron chi connectivity index (χ4n) is 2.64. The zero-order chi connectivity index (χ0) is 15.7. The number of aryl methyl sites for hydroxylation is 1. The highest BCUT2D eigenvalue weighted by molar-refractivity contribution is 6.36. The van der Waals surface area contributed by atoms with E-state index in [0.29, 0.717) is 21.8 Å². The molecular weight excluding hydrogens is 298 g/mol. The van der Waals surface area contributed by atoms with E-state index in [1.165, 1.54) is 10.5 Å². The minimum absolute atomic E-state index is 0.294. The van der Waals surface area contributed by atoms with Crippen molar-refractivity contribution in [3.8, 4) is 0 Å². The summed E-state index contributed by atoms with van der Waals surface area (Å²) in [5.41, 5.74) is 2.59. The van der Waals surface area contributed by atoms with Crippen LogP contribution in [-0.2, 0) is 6.42 Å². The second-order valence-electron chi connectivity index (χ2n) is 5.41. The maximum absolute atomic E-state index is 12.5. The SMILES string of the molecule is CCCCc1ccc(N2C(=O)c3ccc(Cl)cc3C2=O)cc1. The number of unbranched alkanes of at least 4 members (excludes halogenated alkanes) is 1. The summed E-state index contributed by atoms with van der Waals surface area (Å²) in [6.07, 6.45) is 3.28. The van der Waals surface area contributed by atoms with Crippen LogP contribution in [0.3, 0.4) is 0 Å². The van der Waals surface area contributed by atoms with Crippen molar-refractivity contribution in [2.45, 2.75) is 26.2 Å². The van der Waals surface area contributed by atoms with Gasteiger partial charge in [0.15, 0.2) is 0 Å². The number of fused-ring (bicyclic) bond motifs is 1. The van der Waals surface area contributed by atoms with Crippen LogP contribution < -0.4 is 4.90 Å². The number of anilines is 1. The van der Waals surface area contributed by atoms with Gasteiger partial charge in [-0.2, -0.15) is 0 Å². The molecule has 22 heavy (non-hydrogen) atoms. The lowest BCUT2D eigenvalue weighted by molar-refractivity contribution is 0.0926. The van der Waals surface area contributed by atoms with E-state index in [1.807, 2.05) is 24.3 Å². The first-order valence-corrected chi connectivity index (χ1v) is 7.77. The molecule has 4 heteroatoms. The Morgan fingerprint density at radius 3 is 2.32 bits per heavy atom. The molecule has 3 rings (SSSR count). The highest BCUT2D eigenvalue weighted by Crippen LogP contribution is 2.30. The van der Waals surface area contributed by atoms with Gasteiger partial charge < -0.3 is 0 Å². The lowest BCUT2D eigenvalue weighted by Gasteiger charge is -2.14. The molecule has 0 aromatic heterocycles. The number of imide groups is 1. The molecule has 0 saturated carbocycles. The molecule has 0 atom stereocenters. The van der Waals surface area contributed by atoms with Crippen molar-refractivity contribution < 1.29 is 9.59 Å². The molecule has 0 saturated heterocycles. The fraction of sp³-hybridized carbons (Fsp3) is 0.222. The number of hydrogen-bond donors (Lipinski definition) is 0. The first-order chi connectivity index (χ1) is 10.6. The lowest BCUT2D eigenvalue weighted by atomic mass is 10.1. The quantitative estimate of drug-likeness (QED) is 0.780. The highest BCUT2D eigenvalue weighted by atomic mass is 35.5. The third-order valence-corrected chi connectivity index (χ3v) is 4.10. The van der Waals surface area contributed by atoms with Crippen molar-refractivity contribution >= 4 is 29.1 Å². The maximum Gasteiger partial charge on any atom is 0.266 e. The topological polar surface area (TPSA) is 37.4 Å². The van der Waals surface area contributed by atoms with E-state index in [2.05, 4.69) is 6.92 Å². The third kappa shape index (κ3) is 2.53. The second-order valence-corrected chi connectivity index (χ2v) is 5.84. The van der Waals surface area contributed by atoms with Crippen LogP contribution >= 0.6 is 11.6 Å². The third-order valence-electron chi connectivity index (χ3n) is 3.86. The largest absolute Gasteiger partial charge is 0.268 e. The van der Waals surface area contributed by atoms with Gasteiger partial charge in [-0.1, -0.05) is 37.1 Å². The monoisotopic (exact) mass is 313 g/mol. The molecule has 2 aromatic carbocycles. The van der Waals surface area contributed by atoms with Crippen molar-refractivity contribution in [2.24, 2.45) is 0 Å². The van der Waals surface area contributed by atoms with Gasteiger partial charge in [-0.15, -0.1) is 0 Å². The summed E-state index contributed by atoms with van der Waals surface area (Å²) in [4.78, 5) is 26.1. The smallest absolute Gasteiger partial charge is 0.266 e. The Labute approximate surface area is 134 Å². The summed E-state index contributed by atoms with van der Waals surface area (Å²) in [5.74, 6) is -0.609. The van der Waals surface area contributed by atoms with Crippen molar-refractivity contribution in [3.05, 3.63) is 64.2 Å². The zero-order valence-electron chi connectivity index (χ0n) is 12.3. The molecule has 112 valence electrons. The van der Waals surface area contributed by atoms with E-state index in [4.69, 9.17) is 11.6 Å². The van der Waals surface area contributed by atoms with Crippen LogP contribution in [-0.4, -0.2) is 11.8 Å². The molecule has 0 unspecified atom stereocenters. The number of rotatable bonds is 4. The molecule has 1 heterocycles. The van der Waals surface area contributed by atoms with E-state index in [1.54, 1.807) is 18.2 Å². The van der Waals surface area contributed by atoms with Gasteiger partial charge in [-0.3, -0.25) is 9.59 Å². The molecular formula is C18H16ClNO2. The number of benzene rings is 2. The first-order valence-electron chi connectivity index (χ1n) is 7.39. The Bertz CT molecular complexity index is 737. The number of halogens is 1. The number of nitrogens with zero attached hydrogens (tertiary/aromatic N) is 1. The molecule has 0 spiro atoms. The number of carbonyl (C=O) groups excluding carboxylic acids is 2. The summed E-state index contributed by atoms with van der Waals surface area (Å²) in [6, 6.07) is 12.4. The molecule has 0 bridgehead atoms. The molecule has 0 N–H and O–H groups in total. The average Bonchev–Trinajstić information content (AvgIpc) is 2.77. The summed E-state index contributed by atoms with van der Waals surface area (Å²) >= 11 is 5.92. The summed E-state index contributed by atoms with van der Waals surface area (Å²) < 4.78 is 0. The Kier molecular flexibility index (Phi) is 3.99. The summed E-state index contributed by atoms with van der Waals surface area (Å²) in [7, 11) is 0. The van der Waals surface area contributed by atoms with Crippen LogP contribution in [0.2, 0.25) is 5.02 Å². The van der Waals surface area contributed by atoms with Crippen LogP contribution in [0.1, 0.15) is 46.0 Å². The normalized spacial score (nSPS) is 13.6. The van der Waals surface area contributed by atoms with Crippen molar-refractivity contribution in [2.75, 3.05) is 4.90 Å². The van der Waals surface area contributed by atoms with Crippen LogP contribution in [0, 0.1) is 0 Å². The predicted octanol–water partition coefficient (Wildman–Crippen LogP) is 4.48. The van der Waals surface area contributed by atoms with Crippen LogP contribution in [0.4, 0.5) is 5.69 Å². The van der Waals surface area contributed by atoms with Crippen molar-refractivity contribution in [1.82, 2.24) is 0 Å². The molecule has 0 radical (unpaired) electrons. The zero-order valence-corrected chi connectivity index (χ0v) is 13.1. The molecule has 0 fully saturated rings. The van der Waals surface area contributed by atoms with Gasteiger partial charge in [0.1, 0.15) is 0 Å². The molecule has 0 aliphatic carbocycles. The summed E-state index contributed by atoms with van der Waals surface area (Å²) in [5, 5.41) is 0.455. The Morgan fingerprint density at radius 2 is 1.64 bits per heavy atom. The number of hydrogen-bond acceptors (Lipinski definition) is 2. The minimum atomic E-state index is -0.316. The first kappa shape index (κ1) is 14.8. The van der Waals surface area contributed by atoms with Crippen molar-refractivity contribution in [1.29, 1.82) is 0 Å². The number of carbonyl (C=O) groups is 2. The van der Waals surface area contributed by atoms with Crippen LogP contribution in [0.15, 0.2) is 42.5 Å². The number of amides is 2. The molecule has 2 amide bonds. The Balaban J connectivity index is 1.90. The average molecular weight is 314 g/mol. The van der Waals surface area contributed by atoms with E-state index in [0.717, 1.165) is 19.3 Å². The van der Waals surface area contributed by atoms with Gasteiger partial charge in [-0.05, 0) is 48.7 Å². The van der Waals surface area contributed by atoms with Gasteiger partial charge in [-0.25, -0.2) is 4.90 Å².